The van der Waals surface area contributed by atoms with Crippen LogP contribution in [0.1, 0.15) is 28.3 Å². The predicted octanol–water partition coefficient (Wildman–Crippen LogP) is 1.77. The summed E-state index contributed by atoms with van der Waals surface area (Å²) >= 11 is 1.47. The number of rotatable bonds is 9. The number of benzene rings is 1. The van der Waals surface area contributed by atoms with Crippen molar-refractivity contribution >= 4 is 33.6 Å². The Kier molecular flexibility index (Phi) is 8.33. The van der Waals surface area contributed by atoms with Gasteiger partial charge in [0.15, 0.2) is 0 Å². The number of ether oxygens (including phenoxy) is 1. The maximum atomic E-state index is 12.7. The molecule has 1 heterocycles. The van der Waals surface area contributed by atoms with Crippen molar-refractivity contribution in [3.05, 3.63) is 47.4 Å². The summed E-state index contributed by atoms with van der Waals surface area (Å²) in [6, 6.07) is 6.28. The van der Waals surface area contributed by atoms with E-state index in [9.17, 15) is 18.0 Å². The third kappa shape index (κ3) is 6.25. The van der Waals surface area contributed by atoms with Gasteiger partial charge in [-0.15, -0.1) is 0 Å². The zero-order chi connectivity index (χ0) is 22.3. The van der Waals surface area contributed by atoms with Gasteiger partial charge in [0.05, 0.1) is 17.6 Å². The normalized spacial score (nSPS) is 12.3. The van der Waals surface area contributed by atoms with Crippen molar-refractivity contribution in [3.8, 4) is 5.75 Å². The number of aryl methyl sites for hydroxylation is 2. The van der Waals surface area contributed by atoms with Gasteiger partial charge >= 0.3 is 0 Å². The summed E-state index contributed by atoms with van der Waals surface area (Å²) in [6.45, 7) is 3.34. The van der Waals surface area contributed by atoms with Gasteiger partial charge in [-0.1, -0.05) is 0 Å². The number of thioether (sulfide) groups is 1. The molecule has 0 bridgehead atoms. The van der Waals surface area contributed by atoms with E-state index in [2.05, 4.69) is 15.6 Å². The molecule has 0 saturated heterocycles. The van der Waals surface area contributed by atoms with Gasteiger partial charge in [0.2, 0.25) is 10.0 Å². The molecule has 164 valence electrons. The molecule has 0 radical (unpaired) electrons. The molecule has 2 amide bonds. The first-order chi connectivity index (χ1) is 14.2. The van der Waals surface area contributed by atoms with Gasteiger partial charge < -0.3 is 9.15 Å². The zero-order valence-corrected chi connectivity index (χ0v) is 18.8. The minimum atomic E-state index is -3.96. The number of furan rings is 1. The molecule has 3 N–H and O–H groups in total. The number of carbonyl (C=O) groups excluding carboxylic acids is 2. The lowest BCUT2D eigenvalue weighted by Gasteiger charge is -2.18. The Morgan fingerprint density at radius 2 is 1.83 bits per heavy atom. The van der Waals surface area contributed by atoms with Crippen molar-refractivity contribution in [2.24, 2.45) is 0 Å². The lowest BCUT2D eigenvalue weighted by atomic mass is 10.2. The maximum absolute atomic E-state index is 12.7. The molecule has 1 aromatic heterocycles. The van der Waals surface area contributed by atoms with Gasteiger partial charge in [0.25, 0.3) is 11.8 Å². The van der Waals surface area contributed by atoms with Gasteiger partial charge in [-0.2, -0.15) is 16.5 Å². The molecule has 0 spiro atoms. The molecule has 1 atom stereocenters. The van der Waals surface area contributed by atoms with Gasteiger partial charge in [-0.3, -0.25) is 20.4 Å². The molecule has 9 nitrogen and oxygen atoms in total. The molecule has 0 saturated carbocycles. The average molecular weight is 456 g/mol. The van der Waals surface area contributed by atoms with E-state index in [1.165, 1.54) is 43.1 Å². The van der Waals surface area contributed by atoms with Crippen molar-refractivity contribution in [1.29, 1.82) is 0 Å². The van der Waals surface area contributed by atoms with E-state index < -0.39 is 27.9 Å². The highest BCUT2D eigenvalue weighted by atomic mass is 32.2. The second-order valence-electron chi connectivity index (χ2n) is 6.40. The van der Waals surface area contributed by atoms with Crippen LogP contribution in [-0.2, 0) is 14.8 Å². The van der Waals surface area contributed by atoms with Crippen LogP contribution in [0.15, 0.2) is 39.6 Å². The number of sulfonamides is 1. The van der Waals surface area contributed by atoms with E-state index in [0.717, 1.165) is 0 Å². The van der Waals surface area contributed by atoms with Crippen LogP contribution in [0.25, 0.3) is 0 Å². The Morgan fingerprint density at radius 3 is 2.37 bits per heavy atom. The first-order valence-electron chi connectivity index (χ1n) is 9.00. The zero-order valence-electron chi connectivity index (χ0n) is 17.1. The lowest BCUT2D eigenvalue weighted by Crippen LogP contribution is -2.52. The SMILES string of the molecule is COc1ccc(S(=O)(=O)N[C@H](CCSC)C(=O)NNC(=O)c2cc(C)oc2C)cc1. The number of nitrogens with one attached hydrogen (secondary N) is 3. The molecule has 0 unspecified atom stereocenters. The Bertz CT molecular complexity index is 986. The molecule has 0 aliphatic rings. The Balaban J connectivity index is 2.08. The van der Waals surface area contributed by atoms with Crippen molar-refractivity contribution in [1.82, 2.24) is 15.6 Å². The highest BCUT2D eigenvalue weighted by molar-refractivity contribution is 7.98. The number of methoxy groups -OCH3 is 1. The van der Waals surface area contributed by atoms with Crippen LogP contribution >= 0.6 is 11.8 Å². The van der Waals surface area contributed by atoms with Crippen LogP contribution in [0.5, 0.6) is 5.75 Å². The smallest absolute Gasteiger partial charge is 0.273 e. The number of amides is 2. The largest absolute Gasteiger partial charge is 0.497 e. The van der Waals surface area contributed by atoms with Gasteiger partial charge in [0.1, 0.15) is 23.3 Å². The number of hydrogen-bond donors (Lipinski definition) is 3. The van der Waals surface area contributed by atoms with Crippen molar-refractivity contribution in [2.75, 3.05) is 19.1 Å². The second-order valence-corrected chi connectivity index (χ2v) is 9.10. The van der Waals surface area contributed by atoms with Gasteiger partial charge in [-0.25, -0.2) is 8.42 Å². The van der Waals surface area contributed by atoms with Crippen LogP contribution in [0, 0.1) is 13.8 Å². The Morgan fingerprint density at radius 1 is 1.17 bits per heavy atom. The molecule has 11 heteroatoms. The molecular weight excluding hydrogens is 430 g/mol. The van der Waals surface area contributed by atoms with Crippen molar-refractivity contribution < 1.29 is 27.2 Å². The van der Waals surface area contributed by atoms with Gasteiger partial charge in [-0.05, 0) is 62.6 Å². The van der Waals surface area contributed by atoms with Crippen LogP contribution in [0.2, 0.25) is 0 Å². The Hall–Kier alpha value is -2.50. The monoisotopic (exact) mass is 455 g/mol. The summed E-state index contributed by atoms with van der Waals surface area (Å²) in [5, 5.41) is 0. The minimum Gasteiger partial charge on any atom is -0.497 e. The summed E-state index contributed by atoms with van der Waals surface area (Å²) in [4.78, 5) is 24.8. The molecule has 0 aliphatic carbocycles. The molecule has 1 aromatic carbocycles. The topological polar surface area (TPSA) is 127 Å². The van der Waals surface area contributed by atoms with Gasteiger partial charge in [0, 0.05) is 0 Å². The maximum Gasteiger partial charge on any atom is 0.273 e. The van der Waals surface area contributed by atoms with Crippen LogP contribution in [0.4, 0.5) is 0 Å². The quantitative estimate of drug-likeness (QED) is 0.492. The van der Waals surface area contributed by atoms with Crippen LogP contribution < -0.4 is 20.3 Å². The molecule has 2 aromatic rings. The average Bonchev–Trinajstić information content (AvgIpc) is 3.07. The standard InChI is InChI=1S/C19H25N3O6S2/c1-12-11-16(13(2)28-12)18(23)20-21-19(24)17(9-10-29-4)22-30(25,26)15-7-5-14(27-3)6-8-15/h5-8,11,17,22H,9-10H2,1-4H3,(H,20,23)(H,21,24)/t17-/m1/s1. The predicted molar refractivity (Wildman–Crippen MR) is 114 cm³/mol. The van der Waals surface area contributed by atoms with E-state index in [4.69, 9.17) is 9.15 Å². The van der Waals surface area contributed by atoms with E-state index >= 15 is 0 Å². The number of carbonyl (C=O) groups is 2. The van der Waals surface area contributed by atoms with E-state index in [1.807, 2.05) is 6.26 Å². The summed E-state index contributed by atoms with van der Waals surface area (Å²) < 4.78 is 38.1. The minimum absolute atomic E-state index is 0.00113. The summed E-state index contributed by atoms with van der Waals surface area (Å²) in [6.07, 6.45) is 2.08. The number of hydrazine groups is 1. The third-order valence-electron chi connectivity index (χ3n) is 4.18. The van der Waals surface area contributed by atoms with Crippen molar-refractivity contribution in [3.63, 3.8) is 0 Å². The highest BCUT2D eigenvalue weighted by Gasteiger charge is 2.26. The second kappa shape index (κ2) is 10.5. The van der Waals surface area contributed by atoms with Crippen molar-refractivity contribution in [2.45, 2.75) is 31.2 Å². The molecule has 0 fully saturated rings. The summed E-state index contributed by atoms with van der Waals surface area (Å²) in [5.74, 6) is 0.800. The fourth-order valence-corrected chi connectivity index (χ4v) is 4.32. The fourth-order valence-electron chi connectivity index (χ4n) is 2.62. The molecular formula is C19H25N3O6S2. The van der Waals surface area contributed by atoms with E-state index in [-0.39, 0.29) is 16.9 Å². The number of hydrogen-bond acceptors (Lipinski definition) is 7. The summed E-state index contributed by atoms with van der Waals surface area (Å²) in [7, 11) is -2.48. The van der Waals surface area contributed by atoms with E-state index in [0.29, 0.717) is 23.0 Å². The van der Waals surface area contributed by atoms with Crippen LogP contribution in [-0.4, -0.2) is 45.4 Å². The fraction of sp³-hybridized carbons (Fsp3) is 0.368. The lowest BCUT2D eigenvalue weighted by molar-refractivity contribution is -0.123. The first kappa shape index (κ1) is 23.8. The molecule has 2 rings (SSSR count). The Labute approximate surface area is 180 Å². The first-order valence-corrected chi connectivity index (χ1v) is 11.9. The summed E-state index contributed by atoms with van der Waals surface area (Å²) in [5.41, 5.74) is 4.86. The van der Waals surface area contributed by atoms with E-state index in [1.54, 1.807) is 19.9 Å². The van der Waals surface area contributed by atoms with Crippen LogP contribution in [0.3, 0.4) is 0 Å². The molecule has 0 aliphatic heterocycles. The third-order valence-corrected chi connectivity index (χ3v) is 6.31. The molecule has 30 heavy (non-hydrogen) atoms. The highest BCUT2D eigenvalue weighted by Crippen LogP contribution is 2.16.